The lowest BCUT2D eigenvalue weighted by molar-refractivity contribution is 0.0599. The summed E-state index contributed by atoms with van der Waals surface area (Å²) in [6, 6.07) is 1.24. The number of pyridine rings is 1. The molecule has 5 nitrogen and oxygen atoms in total. The predicted molar refractivity (Wildman–Crippen MR) is 47.6 cm³/mol. The number of H-pyrrole nitrogens is 1. The molecular weight excluding hydrogens is 186 g/mol. The van der Waals surface area contributed by atoms with Crippen LogP contribution in [0.2, 0.25) is 0 Å². The van der Waals surface area contributed by atoms with Crippen molar-refractivity contribution in [2.75, 3.05) is 13.7 Å². The molecule has 0 radical (unpaired) electrons. The number of esters is 1. The number of hydrogen-bond acceptors (Lipinski definition) is 4. The predicted octanol–water partition coefficient (Wildman–Crippen LogP) is 0.0964. The monoisotopic (exact) mass is 195 g/mol. The molecule has 0 amide bonds. The summed E-state index contributed by atoms with van der Waals surface area (Å²) in [7, 11) is 1.28. The highest BCUT2D eigenvalue weighted by atomic mass is 16.5. The Labute approximate surface area is 79.7 Å². The van der Waals surface area contributed by atoms with Crippen molar-refractivity contribution in [1.82, 2.24) is 4.98 Å². The number of aromatic amines is 1. The van der Waals surface area contributed by atoms with Crippen molar-refractivity contribution in [1.29, 1.82) is 0 Å². The van der Waals surface area contributed by atoms with E-state index in [2.05, 4.69) is 9.72 Å². The standard InChI is InChI=1S/C9H9NO4/c1-13-9(12)6-4-7(11)10-8-5(6)2-3-14-8/h4H,2-3H2,1H3,(H,10,11). The fraction of sp³-hybridized carbons (Fsp3) is 0.333. The fourth-order valence-electron chi connectivity index (χ4n) is 1.48. The fourth-order valence-corrected chi connectivity index (χ4v) is 1.48. The number of ether oxygens (including phenoxy) is 2. The van der Waals surface area contributed by atoms with E-state index in [-0.39, 0.29) is 5.56 Å². The Morgan fingerprint density at radius 3 is 3.14 bits per heavy atom. The van der Waals surface area contributed by atoms with Crippen molar-refractivity contribution in [2.24, 2.45) is 0 Å². The first kappa shape index (κ1) is 8.80. The summed E-state index contributed by atoms with van der Waals surface area (Å²) in [6.07, 6.45) is 0.622. The topological polar surface area (TPSA) is 68.4 Å². The van der Waals surface area contributed by atoms with Crippen LogP contribution in [0.25, 0.3) is 0 Å². The van der Waals surface area contributed by atoms with Crippen molar-refractivity contribution in [3.8, 4) is 5.88 Å². The average Bonchev–Trinajstić information content (AvgIpc) is 2.62. The summed E-state index contributed by atoms with van der Waals surface area (Å²) in [5.74, 6) is -0.115. The summed E-state index contributed by atoms with van der Waals surface area (Å²) < 4.78 is 9.72. The number of nitrogens with one attached hydrogen (secondary N) is 1. The molecule has 1 aromatic rings. The van der Waals surface area contributed by atoms with E-state index in [0.29, 0.717) is 24.5 Å². The molecule has 0 unspecified atom stereocenters. The van der Waals surface area contributed by atoms with Crippen molar-refractivity contribution < 1.29 is 14.3 Å². The molecule has 0 saturated heterocycles. The molecule has 0 aliphatic carbocycles. The Balaban J connectivity index is 2.59. The maximum absolute atomic E-state index is 11.3. The van der Waals surface area contributed by atoms with Gasteiger partial charge in [-0.3, -0.25) is 9.78 Å². The minimum absolute atomic E-state index is 0.295. The molecule has 1 aromatic heterocycles. The van der Waals surface area contributed by atoms with Gasteiger partial charge in [0.05, 0.1) is 19.3 Å². The third kappa shape index (κ3) is 1.26. The highest BCUT2D eigenvalue weighted by Gasteiger charge is 2.22. The Bertz CT molecular complexity index is 435. The van der Waals surface area contributed by atoms with Crippen molar-refractivity contribution >= 4 is 5.97 Å². The van der Waals surface area contributed by atoms with Crippen LogP contribution in [-0.4, -0.2) is 24.7 Å². The maximum Gasteiger partial charge on any atom is 0.338 e. The quantitative estimate of drug-likeness (QED) is 0.645. The highest BCUT2D eigenvalue weighted by Crippen LogP contribution is 2.24. The van der Waals surface area contributed by atoms with E-state index in [4.69, 9.17) is 4.74 Å². The summed E-state index contributed by atoms with van der Waals surface area (Å²) in [6.45, 7) is 0.485. The minimum Gasteiger partial charge on any atom is -0.478 e. The number of carbonyl (C=O) groups excluding carboxylic acids is 1. The molecule has 0 fully saturated rings. The number of methoxy groups -OCH3 is 1. The third-order valence-electron chi connectivity index (χ3n) is 2.12. The van der Waals surface area contributed by atoms with Gasteiger partial charge in [-0.1, -0.05) is 0 Å². The zero-order valence-electron chi connectivity index (χ0n) is 7.62. The summed E-state index contributed by atoms with van der Waals surface area (Å²) in [5.41, 5.74) is 0.659. The molecule has 2 heterocycles. The van der Waals surface area contributed by atoms with E-state index >= 15 is 0 Å². The second kappa shape index (κ2) is 3.17. The Morgan fingerprint density at radius 1 is 1.64 bits per heavy atom. The van der Waals surface area contributed by atoms with E-state index in [1.807, 2.05) is 0 Å². The maximum atomic E-state index is 11.3. The van der Waals surface area contributed by atoms with Gasteiger partial charge >= 0.3 is 5.97 Å². The normalized spacial score (nSPS) is 13.2. The van der Waals surface area contributed by atoms with Crippen molar-refractivity contribution in [2.45, 2.75) is 6.42 Å². The van der Waals surface area contributed by atoms with Gasteiger partial charge in [0, 0.05) is 18.1 Å². The van der Waals surface area contributed by atoms with E-state index in [1.54, 1.807) is 0 Å². The van der Waals surface area contributed by atoms with E-state index < -0.39 is 5.97 Å². The van der Waals surface area contributed by atoms with Crippen LogP contribution in [-0.2, 0) is 11.2 Å². The lowest BCUT2D eigenvalue weighted by Gasteiger charge is -2.03. The number of rotatable bonds is 1. The molecule has 0 aromatic carbocycles. The van der Waals surface area contributed by atoms with Crippen molar-refractivity contribution in [3.05, 3.63) is 27.5 Å². The lowest BCUT2D eigenvalue weighted by Crippen LogP contribution is -2.13. The van der Waals surface area contributed by atoms with Gasteiger partial charge in [-0.15, -0.1) is 0 Å². The molecule has 14 heavy (non-hydrogen) atoms. The number of carbonyl (C=O) groups is 1. The van der Waals surface area contributed by atoms with Gasteiger partial charge in [0.25, 0.3) is 5.56 Å². The van der Waals surface area contributed by atoms with Crippen LogP contribution in [0.15, 0.2) is 10.9 Å². The molecule has 0 saturated carbocycles. The van der Waals surface area contributed by atoms with E-state index in [9.17, 15) is 9.59 Å². The zero-order chi connectivity index (χ0) is 10.1. The smallest absolute Gasteiger partial charge is 0.338 e. The van der Waals surface area contributed by atoms with Gasteiger partial charge in [0.1, 0.15) is 0 Å². The van der Waals surface area contributed by atoms with Crippen LogP contribution in [0, 0.1) is 0 Å². The van der Waals surface area contributed by atoms with Gasteiger partial charge in [-0.2, -0.15) is 0 Å². The summed E-state index contributed by atoms with van der Waals surface area (Å²) in [5, 5.41) is 0. The molecule has 1 N–H and O–H groups in total. The largest absolute Gasteiger partial charge is 0.478 e. The first-order valence-corrected chi connectivity index (χ1v) is 4.19. The van der Waals surface area contributed by atoms with Crippen LogP contribution in [0.1, 0.15) is 15.9 Å². The summed E-state index contributed by atoms with van der Waals surface area (Å²) in [4.78, 5) is 24.9. The first-order chi connectivity index (χ1) is 6.72. The van der Waals surface area contributed by atoms with Crippen LogP contribution < -0.4 is 10.3 Å². The lowest BCUT2D eigenvalue weighted by atomic mass is 10.1. The van der Waals surface area contributed by atoms with E-state index in [0.717, 1.165) is 5.56 Å². The molecule has 0 spiro atoms. The highest BCUT2D eigenvalue weighted by molar-refractivity contribution is 5.91. The molecule has 0 bridgehead atoms. The van der Waals surface area contributed by atoms with E-state index in [1.165, 1.54) is 13.2 Å². The second-order valence-corrected chi connectivity index (χ2v) is 2.94. The molecule has 1 aliphatic rings. The minimum atomic E-state index is -0.502. The Kier molecular flexibility index (Phi) is 1.99. The molecule has 1 aliphatic heterocycles. The zero-order valence-corrected chi connectivity index (χ0v) is 7.62. The second-order valence-electron chi connectivity index (χ2n) is 2.94. The van der Waals surface area contributed by atoms with Crippen molar-refractivity contribution in [3.63, 3.8) is 0 Å². The molecule has 0 atom stereocenters. The van der Waals surface area contributed by atoms with Crippen LogP contribution >= 0.6 is 0 Å². The van der Waals surface area contributed by atoms with Gasteiger partial charge in [-0.25, -0.2) is 4.79 Å². The molecule has 5 heteroatoms. The number of hydrogen-bond donors (Lipinski definition) is 1. The SMILES string of the molecule is COC(=O)c1cc(=O)[nH]c2c1CCO2. The van der Waals surface area contributed by atoms with Crippen LogP contribution in [0.3, 0.4) is 0 Å². The molecular formula is C9H9NO4. The third-order valence-corrected chi connectivity index (χ3v) is 2.12. The van der Waals surface area contributed by atoms with Gasteiger partial charge in [0.2, 0.25) is 0 Å². The molecule has 74 valence electrons. The van der Waals surface area contributed by atoms with Crippen LogP contribution in [0.4, 0.5) is 0 Å². The van der Waals surface area contributed by atoms with Crippen LogP contribution in [0.5, 0.6) is 5.88 Å². The number of aromatic nitrogens is 1. The first-order valence-electron chi connectivity index (χ1n) is 4.19. The van der Waals surface area contributed by atoms with Gasteiger partial charge < -0.3 is 9.47 Å². The Hall–Kier alpha value is -1.78. The Morgan fingerprint density at radius 2 is 2.43 bits per heavy atom. The number of fused-ring (bicyclic) bond motifs is 1. The average molecular weight is 195 g/mol. The molecule has 2 rings (SSSR count). The van der Waals surface area contributed by atoms with Gasteiger partial charge in [0.15, 0.2) is 5.88 Å². The van der Waals surface area contributed by atoms with Gasteiger partial charge in [-0.05, 0) is 0 Å². The summed E-state index contributed by atoms with van der Waals surface area (Å²) >= 11 is 0.